The van der Waals surface area contributed by atoms with Crippen LogP contribution >= 0.6 is 22.6 Å². The number of hydrogen-bond acceptors (Lipinski definition) is 3. The van der Waals surface area contributed by atoms with Gasteiger partial charge in [0.05, 0.1) is 12.2 Å². The summed E-state index contributed by atoms with van der Waals surface area (Å²) in [6.45, 7) is 0.594. The van der Waals surface area contributed by atoms with Crippen LogP contribution in [0.3, 0.4) is 0 Å². The molecule has 0 aromatic heterocycles. The van der Waals surface area contributed by atoms with Crippen LogP contribution in [-0.4, -0.2) is 12.5 Å². The van der Waals surface area contributed by atoms with Gasteiger partial charge in [-0.25, -0.2) is 0 Å². The minimum Gasteiger partial charge on any atom is -0.481 e. The third-order valence-electron chi connectivity index (χ3n) is 3.18. The van der Waals surface area contributed by atoms with E-state index in [2.05, 4.69) is 22.6 Å². The van der Waals surface area contributed by atoms with Gasteiger partial charge in [-0.05, 0) is 52.4 Å². The zero-order valence-electron chi connectivity index (χ0n) is 10.7. The van der Waals surface area contributed by atoms with Gasteiger partial charge in [-0.1, -0.05) is 12.1 Å². The van der Waals surface area contributed by atoms with Crippen molar-refractivity contribution >= 4 is 39.9 Å². The maximum atomic E-state index is 12.1. The normalized spacial score (nSPS) is 13.8. The smallest absolute Gasteiger partial charge is 0.265 e. The quantitative estimate of drug-likeness (QED) is 0.644. The molecule has 1 heterocycles. The van der Waals surface area contributed by atoms with Gasteiger partial charge in [0, 0.05) is 15.3 Å². The average molecular weight is 380 g/mol. The number of nitrogens with zero attached hydrogens (tertiary/aromatic N) is 1. The third kappa shape index (κ3) is 2.58. The molecule has 0 bridgehead atoms. The van der Waals surface area contributed by atoms with Crippen LogP contribution in [-0.2, 0) is 11.3 Å². The fourth-order valence-corrected chi connectivity index (χ4v) is 2.53. The number of nitrogens with two attached hydrogens (primary N) is 1. The number of benzene rings is 2. The van der Waals surface area contributed by atoms with Crippen molar-refractivity contribution in [3.63, 3.8) is 0 Å². The van der Waals surface area contributed by atoms with E-state index in [-0.39, 0.29) is 12.5 Å². The number of rotatable bonds is 2. The molecule has 1 aliphatic rings. The molecule has 0 spiro atoms. The molecule has 0 aliphatic carbocycles. The Morgan fingerprint density at radius 1 is 1.20 bits per heavy atom. The maximum absolute atomic E-state index is 12.1. The highest BCUT2D eigenvalue weighted by Gasteiger charge is 2.25. The summed E-state index contributed by atoms with van der Waals surface area (Å²) >= 11 is 2.26. The van der Waals surface area contributed by atoms with Crippen LogP contribution in [0.5, 0.6) is 5.75 Å². The second kappa shape index (κ2) is 5.32. The fraction of sp³-hybridized carbons (Fsp3) is 0.133. The monoisotopic (exact) mass is 380 g/mol. The van der Waals surface area contributed by atoms with Crippen LogP contribution in [0.15, 0.2) is 42.5 Å². The first kappa shape index (κ1) is 13.2. The Balaban J connectivity index is 1.93. The Morgan fingerprint density at radius 2 is 1.95 bits per heavy atom. The number of halogens is 1. The van der Waals surface area contributed by atoms with Gasteiger partial charge in [-0.3, -0.25) is 4.79 Å². The van der Waals surface area contributed by atoms with Crippen LogP contribution in [0.1, 0.15) is 5.56 Å². The van der Waals surface area contributed by atoms with E-state index in [9.17, 15) is 4.79 Å². The first-order valence-electron chi connectivity index (χ1n) is 6.20. The molecule has 5 heteroatoms. The number of ether oxygens (including phenoxy) is 1. The highest BCUT2D eigenvalue weighted by molar-refractivity contribution is 14.1. The molecule has 0 saturated heterocycles. The predicted molar refractivity (Wildman–Crippen MR) is 86.7 cm³/mol. The average Bonchev–Trinajstić information content (AvgIpc) is 2.44. The predicted octanol–water partition coefficient (Wildman–Crippen LogP) is 2.80. The van der Waals surface area contributed by atoms with Gasteiger partial charge >= 0.3 is 0 Å². The summed E-state index contributed by atoms with van der Waals surface area (Å²) in [5, 5.41) is 0. The van der Waals surface area contributed by atoms with E-state index >= 15 is 0 Å². The Bertz CT molecular complexity index is 655. The van der Waals surface area contributed by atoms with Crippen molar-refractivity contribution in [3.05, 3.63) is 51.6 Å². The lowest BCUT2D eigenvalue weighted by Gasteiger charge is -2.29. The number of hydrogen-bond donors (Lipinski definition) is 1. The van der Waals surface area contributed by atoms with E-state index < -0.39 is 0 Å². The molecule has 1 aliphatic heterocycles. The number of carbonyl (C=O) groups is 1. The Kier molecular flexibility index (Phi) is 3.52. The zero-order valence-corrected chi connectivity index (χ0v) is 12.8. The molecule has 2 N–H and O–H groups in total. The molecule has 3 rings (SSSR count). The number of carbonyl (C=O) groups excluding carboxylic acids is 1. The highest BCUT2D eigenvalue weighted by Crippen LogP contribution is 2.34. The van der Waals surface area contributed by atoms with E-state index in [0.29, 0.717) is 18.0 Å². The molecule has 102 valence electrons. The van der Waals surface area contributed by atoms with Crippen molar-refractivity contribution in [2.75, 3.05) is 17.2 Å². The van der Waals surface area contributed by atoms with Gasteiger partial charge in [0.15, 0.2) is 6.61 Å². The van der Waals surface area contributed by atoms with Crippen molar-refractivity contribution in [3.8, 4) is 5.75 Å². The third-order valence-corrected chi connectivity index (χ3v) is 3.90. The van der Waals surface area contributed by atoms with E-state index in [1.165, 1.54) is 3.57 Å². The molecule has 2 aromatic rings. The molecule has 0 atom stereocenters. The maximum Gasteiger partial charge on any atom is 0.265 e. The SMILES string of the molecule is Nc1ccc2c(c1)OCC(=O)N2Cc1ccc(I)cc1. The van der Waals surface area contributed by atoms with Gasteiger partial charge in [0.2, 0.25) is 0 Å². The van der Waals surface area contributed by atoms with Crippen molar-refractivity contribution in [1.29, 1.82) is 0 Å². The van der Waals surface area contributed by atoms with Gasteiger partial charge < -0.3 is 15.4 Å². The van der Waals surface area contributed by atoms with Crippen LogP contribution < -0.4 is 15.4 Å². The van der Waals surface area contributed by atoms with Crippen LogP contribution in [0.2, 0.25) is 0 Å². The topological polar surface area (TPSA) is 55.6 Å². The summed E-state index contributed by atoms with van der Waals surface area (Å²) in [4.78, 5) is 13.8. The van der Waals surface area contributed by atoms with E-state index in [1.54, 1.807) is 17.0 Å². The standard InChI is InChI=1S/C15H13IN2O2/c16-11-3-1-10(2-4-11)8-18-13-6-5-12(17)7-14(13)20-9-15(18)19/h1-7H,8-9,17H2. The number of fused-ring (bicyclic) bond motifs is 1. The van der Waals surface area contributed by atoms with Gasteiger partial charge in [0.1, 0.15) is 5.75 Å². The van der Waals surface area contributed by atoms with Gasteiger partial charge in [-0.2, -0.15) is 0 Å². The van der Waals surface area contributed by atoms with Crippen molar-refractivity contribution in [2.45, 2.75) is 6.54 Å². The molecule has 0 saturated carbocycles. The second-order valence-electron chi connectivity index (χ2n) is 4.62. The van der Waals surface area contributed by atoms with Crippen LogP contribution in [0.25, 0.3) is 0 Å². The molecule has 2 aromatic carbocycles. The lowest BCUT2D eigenvalue weighted by atomic mass is 10.1. The summed E-state index contributed by atoms with van der Waals surface area (Å²) in [5.41, 5.74) is 8.24. The lowest BCUT2D eigenvalue weighted by molar-refractivity contribution is -0.121. The molecular formula is C15H13IN2O2. The first-order valence-corrected chi connectivity index (χ1v) is 7.28. The lowest BCUT2D eigenvalue weighted by Crippen LogP contribution is -2.38. The zero-order chi connectivity index (χ0) is 14.1. The summed E-state index contributed by atoms with van der Waals surface area (Å²) in [7, 11) is 0. The number of nitrogen functional groups attached to an aromatic ring is 1. The molecule has 1 amide bonds. The fourth-order valence-electron chi connectivity index (χ4n) is 2.17. The summed E-state index contributed by atoms with van der Waals surface area (Å²) in [6, 6.07) is 13.5. The minimum absolute atomic E-state index is 0.0409. The van der Waals surface area contributed by atoms with E-state index in [1.807, 2.05) is 30.3 Å². The van der Waals surface area contributed by atoms with Crippen LogP contribution in [0.4, 0.5) is 11.4 Å². The Hall–Kier alpha value is -1.76. The van der Waals surface area contributed by atoms with Gasteiger partial charge in [-0.15, -0.1) is 0 Å². The largest absolute Gasteiger partial charge is 0.481 e. The van der Waals surface area contributed by atoms with E-state index in [4.69, 9.17) is 10.5 Å². The highest BCUT2D eigenvalue weighted by atomic mass is 127. The number of anilines is 2. The van der Waals surface area contributed by atoms with Crippen molar-refractivity contribution < 1.29 is 9.53 Å². The summed E-state index contributed by atoms with van der Waals surface area (Å²) in [5.74, 6) is 0.621. The van der Waals surface area contributed by atoms with E-state index in [0.717, 1.165) is 11.3 Å². The first-order chi connectivity index (χ1) is 9.63. The Morgan fingerprint density at radius 3 is 2.70 bits per heavy atom. The molecule has 0 fully saturated rings. The number of amides is 1. The van der Waals surface area contributed by atoms with Gasteiger partial charge in [0.25, 0.3) is 5.91 Å². The molecule has 0 unspecified atom stereocenters. The van der Waals surface area contributed by atoms with Crippen molar-refractivity contribution in [1.82, 2.24) is 0 Å². The second-order valence-corrected chi connectivity index (χ2v) is 5.87. The molecular weight excluding hydrogens is 367 g/mol. The van der Waals surface area contributed by atoms with Crippen LogP contribution in [0, 0.1) is 3.57 Å². The molecule has 0 radical (unpaired) electrons. The minimum atomic E-state index is -0.0409. The summed E-state index contributed by atoms with van der Waals surface area (Å²) in [6.07, 6.45) is 0. The van der Waals surface area contributed by atoms with Crippen molar-refractivity contribution in [2.24, 2.45) is 0 Å². The summed E-state index contributed by atoms with van der Waals surface area (Å²) < 4.78 is 6.61. The molecule has 20 heavy (non-hydrogen) atoms. The Labute approximate surface area is 130 Å². The molecule has 4 nitrogen and oxygen atoms in total.